The standard InChI is InChI=1S/C17H19ClN2O3S/c1-24-9-8-14(20)17(22)23-16(18)15(21)12-6-7-13(19)11-5-3-2-4-10(11)12/h2-7,14,16H,8-9,19-20H2,1H3. The van der Waals surface area contributed by atoms with Crippen LogP contribution in [0.3, 0.4) is 0 Å². The highest BCUT2D eigenvalue weighted by Crippen LogP contribution is 2.26. The van der Waals surface area contributed by atoms with E-state index >= 15 is 0 Å². The molecule has 5 nitrogen and oxygen atoms in total. The van der Waals surface area contributed by atoms with Gasteiger partial charge in [0.05, 0.1) is 0 Å². The van der Waals surface area contributed by atoms with Crippen LogP contribution in [0.25, 0.3) is 10.8 Å². The third-order valence-electron chi connectivity index (χ3n) is 3.58. The lowest BCUT2D eigenvalue weighted by molar-refractivity contribution is -0.145. The monoisotopic (exact) mass is 366 g/mol. The minimum atomic E-state index is -1.43. The van der Waals surface area contributed by atoms with Crippen LogP contribution >= 0.6 is 23.4 Å². The lowest BCUT2D eigenvalue weighted by atomic mass is 10.0. The molecule has 0 heterocycles. The normalized spacial score (nSPS) is 13.5. The number of nitrogen functional groups attached to an aromatic ring is 1. The lowest BCUT2D eigenvalue weighted by Crippen LogP contribution is -2.36. The Labute approximate surface area is 149 Å². The van der Waals surface area contributed by atoms with Gasteiger partial charge in [-0.05, 0) is 35.9 Å². The van der Waals surface area contributed by atoms with Crippen LogP contribution in [-0.4, -0.2) is 35.4 Å². The molecule has 2 atom stereocenters. The lowest BCUT2D eigenvalue weighted by Gasteiger charge is -2.15. The van der Waals surface area contributed by atoms with E-state index in [2.05, 4.69) is 0 Å². The molecule has 0 saturated carbocycles. The number of anilines is 1. The summed E-state index contributed by atoms with van der Waals surface area (Å²) in [7, 11) is 0. The number of esters is 1. The predicted octanol–water partition coefficient (Wildman–Crippen LogP) is 2.79. The van der Waals surface area contributed by atoms with Gasteiger partial charge in [0, 0.05) is 16.6 Å². The topological polar surface area (TPSA) is 95.4 Å². The van der Waals surface area contributed by atoms with Gasteiger partial charge in [-0.25, -0.2) is 0 Å². The molecule has 0 aliphatic rings. The number of carbonyl (C=O) groups excluding carboxylic acids is 2. The average Bonchev–Trinajstić information content (AvgIpc) is 2.59. The molecule has 2 aromatic rings. The van der Waals surface area contributed by atoms with Gasteiger partial charge >= 0.3 is 5.97 Å². The van der Waals surface area contributed by atoms with E-state index in [9.17, 15) is 9.59 Å². The first-order valence-electron chi connectivity index (χ1n) is 7.36. The van der Waals surface area contributed by atoms with Crippen molar-refractivity contribution in [3.8, 4) is 0 Å². The van der Waals surface area contributed by atoms with Crippen molar-refractivity contribution in [1.29, 1.82) is 0 Å². The molecule has 2 unspecified atom stereocenters. The Morgan fingerprint density at radius 1 is 1.21 bits per heavy atom. The molecule has 24 heavy (non-hydrogen) atoms. The first-order chi connectivity index (χ1) is 11.5. The van der Waals surface area contributed by atoms with E-state index in [0.717, 1.165) is 11.1 Å². The Bertz CT molecular complexity index is 754. The second-order valence-corrected chi connectivity index (χ2v) is 6.64. The van der Waals surface area contributed by atoms with Crippen LogP contribution in [0.15, 0.2) is 36.4 Å². The SMILES string of the molecule is CSCCC(N)C(=O)OC(Cl)C(=O)c1ccc(N)c2ccccc12. The zero-order valence-electron chi connectivity index (χ0n) is 13.2. The molecule has 0 radical (unpaired) electrons. The summed E-state index contributed by atoms with van der Waals surface area (Å²) in [6.07, 6.45) is 2.38. The highest BCUT2D eigenvalue weighted by atomic mass is 35.5. The zero-order chi connectivity index (χ0) is 17.7. The second kappa shape index (κ2) is 8.37. The first kappa shape index (κ1) is 18.6. The van der Waals surface area contributed by atoms with E-state index in [0.29, 0.717) is 23.1 Å². The molecule has 0 bridgehead atoms. The first-order valence-corrected chi connectivity index (χ1v) is 9.19. The van der Waals surface area contributed by atoms with Crippen molar-refractivity contribution < 1.29 is 14.3 Å². The number of nitrogens with two attached hydrogens (primary N) is 2. The fraction of sp³-hybridized carbons (Fsp3) is 0.294. The number of hydrogen-bond donors (Lipinski definition) is 2. The number of ketones is 1. The van der Waals surface area contributed by atoms with Crippen molar-refractivity contribution in [3.63, 3.8) is 0 Å². The van der Waals surface area contributed by atoms with Crippen LogP contribution in [0, 0.1) is 0 Å². The van der Waals surface area contributed by atoms with Gasteiger partial charge in [-0.2, -0.15) is 11.8 Å². The van der Waals surface area contributed by atoms with Gasteiger partial charge in [0.1, 0.15) is 6.04 Å². The summed E-state index contributed by atoms with van der Waals surface area (Å²) in [4.78, 5) is 24.4. The Balaban J connectivity index is 2.17. The highest BCUT2D eigenvalue weighted by molar-refractivity contribution is 7.98. The number of ether oxygens (including phenoxy) is 1. The van der Waals surface area contributed by atoms with Gasteiger partial charge in [-0.1, -0.05) is 35.9 Å². The Hall–Kier alpha value is -1.76. The summed E-state index contributed by atoms with van der Waals surface area (Å²) >= 11 is 7.57. The molecule has 0 aliphatic heterocycles. The molecule has 7 heteroatoms. The molecule has 0 spiro atoms. The van der Waals surface area contributed by atoms with Gasteiger partial charge in [-0.15, -0.1) is 0 Å². The van der Waals surface area contributed by atoms with Gasteiger partial charge in [0.25, 0.3) is 0 Å². The number of thioether (sulfide) groups is 1. The summed E-state index contributed by atoms with van der Waals surface area (Å²) in [5.41, 5.74) is 11.1. The number of benzene rings is 2. The molecular weight excluding hydrogens is 348 g/mol. The van der Waals surface area contributed by atoms with Gasteiger partial charge < -0.3 is 16.2 Å². The summed E-state index contributed by atoms with van der Waals surface area (Å²) in [5.74, 6) is -0.463. The molecule has 0 aromatic heterocycles. The molecule has 2 rings (SSSR count). The van der Waals surface area contributed by atoms with E-state index in [-0.39, 0.29) is 0 Å². The summed E-state index contributed by atoms with van der Waals surface area (Å²) in [5, 5.41) is 1.41. The highest BCUT2D eigenvalue weighted by Gasteiger charge is 2.26. The largest absolute Gasteiger partial charge is 0.437 e. The van der Waals surface area contributed by atoms with Crippen LogP contribution in [0.4, 0.5) is 5.69 Å². The summed E-state index contributed by atoms with van der Waals surface area (Å²) < 4.78 is 5.02. The third-order valence-corrected chi connectivity index (χ3v) is 4.52. The number of halogens is 1. The fourth-order valence-electron chi connectivity index (χ4n) is 2.27. The summed E-state index contributed by atoms with van der Waals surface area (Å²) in [6.45, 7) is 0. The van der Waals surface area contributed by atoms with Crippen molar-refractivity contribution in [2.24, 2.45) is 5.73 Å². The van der Waals surface area contributed by atoms with E-state index < -0.39 is 23.4 Å². The van der Waals surface area contributed by atoms with E-state index in [1.807, 2.05) is 18.4 Å². The molecule has 128 valence electrons. The maximum Gasteiger partial charge on any atom is 0.324 e. The smallest absolute Gasteiger partial charge is 0.324 e. The molecule has 0 saturated heterocycles. The third kappa shape index (κ3) is 4.20. The van der Waals surface area contributed by atoms with Gasteiger partial charge in [-0.3, -0.25) is 9.59 Å². The molecule has 0 fully saturated rings. The molecule has 0 aliphatic carbocycles. The number of Topliss-reactive ketones (excluding diaryl/α,β-unsaturated/α-hetero) is 1. The maximum atomic E-state index is 12.5. The average molecular weight is 367 g/mol. The van der Waals surface area contributed by atoms with E-state index in [1.165, 1.54) is 0 Å². The molecular formula is C17H19ClN2O3S. The number of carbonyl (C=O) groups is 2. The predicted molar refractivity (Wildman–Crippen MR) is 99.4 cm³/mol. The number of alkyl halides is 1. The van der Waals surface area contributed by atoms with Crippen LogP contribution < -0.4 is 11.5 Å². The van der Waals surface area contributed by atoms with Crippen molar-refractivity contribution in [1.82, 2.24) is 0 Å². The Morgan fingerprint density at radius 3 is 2.54 bits per heavy atom. The zero-order valence-corrected chi connectivity index (χ0v) is 14.8. The van der Waals surface area contributed by atoms with Gasteiger partial charge in [0.2, 0.25) is 11.3 Å². The van der Waals surface area contributed by atoms with Crippen molar-refractivity contribution in [2.45, 2.75) is 18.0 Å². The van der Waals surface area contributed by atoms with Crippen molar-refractivity contribution in [2.75, 3.05) is 17.7 Å². The van der Waals surface area contributed by atoms with Crippen LogP contribution in [0.2, 0.25) is 0 Å². The van der Waals surface area contributed by atoms with Crippen LogP contribution in [-0.2, 0) is 9.53 Å². The number of fused-ring (bicyclic) bond motifs is 1. The van der Waals surface area contributed by atoms with E-state index in [4.69, 9.17) is 27.8 Å². The van der Waals surface area contributed by atoms with E-state index in [1.54, 1.807) is 36.0 Å². The Kier molecular flexibility index (Phi) is 6.48. The van der Waals surface area contributed by atoms with Crippen LogP contribution in [0.1, 0.15) is 16.8 Å². The summed E-state index contributed by atoms with van der Waals surface area (Å²) in [6, 6.07) is 9.63. The Morgan fingerprint density at radius 2 is 1.88 bits per heavy atom. The van der Waals surface area contributed by atoms with Crippen molar-refractivity contribution in [3.05, 3.63) is 42.0 Å². The van der Waals surface area contributed by atoms with Crippen LogP contribution in [0.5, 0.6) is 0 Å². The minimum Gasteiger partial charge on any atom is -0.437 e. The maximum absolute atomic E-state index is 12.5. The number of rotatable bonds is 7. The molecule has 4 N–H and O–H groups in total. The number of hydrogen-bond acceptors (Lipinski definition) is 6. The fourth-order valence-corrected chi connectivity index (χ4v) is 2.96. The van der Waals surface area contributed by atoms with Crippen molar-refractivity contribution >= 4 is 51.6 Å². The van der Waals surface area contributed by atoms with Gasteiger partial charge in [0.15, 0.2) is 0 Å². The minimum absolute atomic E-state index is 0.352. The quantitative estimate of drug-likeness (QED) is 0.338. The molecule has 2 aromatic carbocycles. The molecule has 0 amide bonds. The second-order valence-electron chi connectivity index (χ2n) is 5.25.